The third-order valence-electron chi connectivity index (χ3n) is 4.98. The average molecular weight is 388 g/mol. The highest BCUT2D eigenvalue weighted by atomic mass is 31.2. The summed E-state index contributed by atoms with van der Waals surface area (Å²) in [6.07, 6.45) is 0. The summed E-state index contributed by atoms with van der Waals surface area (Å²) in [5, 5.41) is 2.33. The van der Waals surface area contributed by atoms with Crippen molar-refractivity contribution in [3.63, 3.8) is 0 Å². The third kappa shape index (κ3) is 3.18. The molecule has 0 unspecified atom stereocenters. The second-order valence-corrected chi connectivity index (χ2v) is 9.13. The summed E-state index contributed by atoms with van der Waals surface area (Å²) in [5.74, 6) is 0. The van der Waals surface area contributed by atoms with Gasteiger partial charge in [0.1, 0.15) is 7.05 Å². The SMILES string of the molecule is COP(=O)(OC)c1c2ccc(N(C)C)cc2[n+](C)c2cc(N(C)C)ccc12. The lowest BCUT2D eigenvalue weighted by Gasteiger charge is -2.20. The molecule has 0 saturated carbocycles. The van der Waals surface area contributed by atoms with Gasteiger partial charge >= 0.3 is 7.60 Å². The topological polar surface area (TPSA) is 45.9 Å². The smallest absolute Gasteiger partial charge is 0.362 e. The van der Waals surface area contributed by atoms with Crippen molar-refractivity contribution in [3.05, 3.63) is 36.4 Å². The summed E-state index contributed by atoms with van der Waals surface area (Å²) in [7, 11) is 9.43. The summed E-state index contributed by atoms with van der Waals surface area (Å²) < 4.78 is 26.4. The molecule has 144 valence electrons. The molecule has 7 heteroatoms. The van der Waals surface area contributed by atoms with Gasteiger partial charge in [-0.15, -0.1) is 0 Å². The van der Waals surface area contributed by atoms with Gasteiger partial charge in [0.2, 0.25) is 11.0 Å². The van der Waals surface area contributed by atoms with Gasteiger partial charge < -0.3 is 18.8 Å². The molecule has 3 rings (SSSR count). The predicted molar refractivity (Wildman–Crippen MR) is 113 cm³/mol. The lowest BCUT2D eigenvalue weighted by atomic mass is 10.1. The highest BCUT2D eigenvalue weighted by Crippen LogP contribution is 2.48. The number of aryl methyl sites for hydroxylation is 1. The van der Waals surface area contributed by atoms with Gasteiger partial charge in [-0.3, -0.25) is 4.57 Å². The van der Waals surface area contributed by atoms with Crippen LogP contribution in [0.5, 0.6) is 0 Å². The number of rotatable bonds is 5. The van der Waals surface area contributed by atoms with E-state index < -0.39 is 7.60 Å². The number of anilines is 2. The summed E-state index contributed by atoms with van der Waals surface area (Å²) >= 11 is 0. The van der Waals surface area contributed by atoms with Gasteiger partial charge in [-0.2, -0.15) is 4.57 Å². The maximum Gasteiger partial charge on any atom is 0.362 e. The second kappa shape index (κ2) is 7.12. The Morgan fingerprint density at radius 1 is 0.815 bits per heavy atom. The number of fused-ring (bicyclic) bond motifs is 2. The predicted octanol–water partition coefficient (Wildman–Crippen LogP) is 3.06. The quantitative estimate of drug-likeness (QED) is 0.382. The van der Waals surface area contributed by atoms with Gasteiger partial charge in [0.25, 0.3) is 0 Å². The van der Waals surface area contributed by atoms with Crippen LogP contribution in [0.4, 0.5) is 11.4 Å². The molecule has 6 nitrogen and oxygen atoms in total. The minimum Gasteiger partial charge on any atom is -0.377 e. The highest BCUT2D eigenvalue weighted by Gasteiger charge is 2.33. The van der Waals surface area contributed by atoms with Crippen LogP contribution in [0.1, 0.15) is 0 Å². The Morgan fingerprint density at radius 2 is 1.22 bits per heavy atom. The van der Waals surface area contributed by atoms with Crippen molar-refractivity contribution in [1.29, 1.82) is 0 Å². The number of hydrogen-bond acceptors (Lipinski definition) is 5. The molecule has 0 N–H and O–H groups in total. The average Bonchev–Trinajstić information content (AvgIpc) is 2.67. The maximum atomic E-state index is 13.5. The third-order valence-corrected chi connectivity index (χ3v) is 6.97. The lowest BCUT2D eigenvalue weighted by Crippen LogP contribution is -2.34. The van der Waals surface area contributed by atoms with Gasteiger partial charge in [-0.05, 0) is 24.3 Å². The van der Waals surface area contributed by atoms with E-state index in [1.54, 1.807) is 0 Å². The summed E-state index contributed by atoms with van der Waals surface area (Å²) in [5.41, 5.74) is 4.07. The Kier molecular flexibility index (Phi) is 5.17. The van der Waals surface area contributed by atoms with Crippen LogP contribution in [0.25, 0.3) is 21.8 Å². The van der Waals surface area contributed by atoms with Crippen LogP contribution < -0.4 is 19.7 Å². The first-order valence-electron chi connectivity index (χ1n) is 8.69. The summed E-state index contributed by atoms with van der Waals surface area (Å²) in [6, 6.07) is 12.2. The van der Waals surface area contributed by atoms with Crippen LogP contribution in [0.2, 0.25) is 0 Å². The largest absolute Gasteiger partial charge is 0.377 e. The van der Waals surface area contributed by atoms with E-state index >= 15 is 0 Å². The number of nitrogens with zero attached hydrogens (tertiary/aromatic N) is 3. The first kappa shape index (κ1) is 19.6. The molecule has 0 amide bonds. The minimum atomic E-state index is -3.46. The molecule has 0 spiro atoms. The zero-order valence-corrected chi connectivity index (χ0v) is 17.9. The number of benzene rings is 2. The van der Waals surface area contributed by atoms with E-state index in [-0.39, 0.29) is 0 Å². The molecule has 0 saturated heterocycles. The molecule has 0 radical (unpaired) electrons. The van der Waals surface area contributed by atoms with E-state index in [1.807, 2.05) is 69.3 Å². The van der Waals surface area contributed by atoms with Crippen molar-refractivity contribution in [2.75, 3.05) is 52.2 Å². The van der Waals surface area contributed by atoms with E-state index in [0.29, 0.717) is 5.30 Å². The number of aromatic nitrogens is 1. The molecule has 27 heavy (non-hydrogen) atoms. The summed E-state index contributed by atoms with van der Waals surface area (Å²) in [4.78, 5) is 4.09. The van der Waals surface area contributed by atoms with Crippen molar-refractivity contribution in [2.24, 2.45) is 7.05 Å². The van der Waals surface area contributed by atoms with Gasteiger partial charge in [0.15, 0.2) is 0 Å². The Balaban J connectivity index is 2.55. The second-order valence-electron chi connectivity index (χ2n) is 6.96. The van der Waals surface area contributed by atoms with Crippen LogP contribution in [0.15, 0.2) is 36.4 Å². The van der Waals surface area contributed by atoms with Gasteiger partial charge in [0, 0.05) is 65.9 Å². The number of pyridine rings is 1. The Bertz CT molecular complexity index is 986. The van der Waals surface area contributed by atoms with Crippen LogP contribution in [-0.2, 0) is 20.7 Å². The minimum absolute atomic E-state index is 0.603. The molecular formula is C20H27N3O3P+. The van der Waals surface area contributed by atoms with E-state index in [4.69, 9.17) is 9.05 Å². The fraction of sp³-hybridized carbons (Fsp3) is 0.350. The molecule has 0 fully saturated rings. The fourth-order valence-electron chi connectivity index (χ4n) is 3.38. The van der Waals surface area contributed by atoms with Gasteiger partial charge in [-0.25, -0.2) is 0 Å². The number of hydrogen-bond donors (Lipinski definition) is 0. The molecule has 0 aliphatic rings. The van der Waals surface area contributed by atoms with E-state index in [1.165, 1.54) is 14.2 Å². The molecule has 0 bridgehead atoms. The van der Waals surface area contributed by atoms with Crippen LogP contribution in [-0.4, -0.2) is 42.4 Å². The first-order chi connectivity index (χ1) is 12.7. The van der Waals surface area contributed by atoms with E-state index in [2.05, 4.69) is 16.7 Å². The monoisotopic (exact) mass is 388 g/mol. The van der Waals surface area contributed by atoms with Crippen molar-refractivity contribution < 1.29 is 18.2 Å². The first-order valence-corrected chi connectivity index (χ1v) is 10.2. The molecule has 2 aromatic carbocycles. The Morgan fingerprint density at radius 3 is 1.56 bits per heavy atom. The lowest BCUT2D eigenvalue weighted by molar-refractivity contribution is -0.617. The van der Waals surface area contributed by atoms with Crippen molar-refractivity contribution in [2.45, 2.75) is 0 Å². The van der Waals surface area contributed by atoms with Gasteiger partial charge in [0.05, 0.1) is 16.1 Å². The molecule has 3 aromatic rings. The molecule has 0 atom stereocenters. The summed E-state index contributed by atoms with van der Waals surface area (Å²) in [6.45, 7) is 0. The highest BCUT2D eigenvalue weighted by molar-refractivity contribution is 7.63. The van der Waals surface area contributed by atoms with E-state index in [9.17, 15) is 4.57 Å². The Labute approximate surface area is 160 Å². The molecule has 0 aliphatic carbocycles. The van der Waals surface area contributed by atoms with Crippen LogP contribution >= 0.6 is 7.60 Å². The van der Waals surface area contributed by atoms with Crippen LogP contribution in [0.3, 0.4) is 0 Å². The molecule has 0 aliphatic heterocycles. The molecule has 1 heterocycles. The molecule has 1 aromatic heterocycles. The van der Waals surface area contributed by atoms with Crippen molar-refractivity contribution >= 4 is 46.1 Å². The van der Waals surface area contributed by atoms with Crippen molar-refractivity contribution in [3.8, 4) is 0 Å². The van der Waals surface area contributed by atoms with Crippen molar-refractivity contribution in [1.82, 2.24) is 0 Å². The fourth-order valence-corrected chi connectivity index (χ4v) is 4.86. The normalized spacial score (nSPS) is 12.0. The maximum absolute atomic E-state index is 13.5. The molecular weight excluding hydrogens is 361 g/mol. The van der Waals surface area contributed by atoms with E-state index in [0.717, 1.165) is 33.2 Å². The Hall–Kier alpha value is -2.14. The van der Waals surface area contributed by atoms with Crippen LogP contribution in [0, 0.1) is 0 Å². The standard InChI is InChI=1S/C20H27N3O3P/c1-21(2)14-8-10-16-18(12-14)23(5)19-13-15(22(3)4)9-11-17(19)20(16)27(24,25-6)26-7/h8-13H,1-7H3/q+1. The zero-order valence-electron chi connectivity index (χ0n) is 17.0. The zero-order chi connectivity index (χ0) is 19.9. The van der Waals surface area contributed by atoms with Gasteiger partial charge in [-0.1, -0.05) is 0 Å².